The van der Waals surface area contributed by atoms with Crippen molar-refractivity contribution in [1.29, 1.82) is 0 Å². The van der Waals surface area contributed by atoms with E-state index in [9.17, 15) is 17.2 Å². The first-order valence-corrected chi connectivity index (χ1v) is 11.2. The molecule has 1 N–H and O–H groups in total. The number of pyridine rings is 1. The standard InChI is InChI=1S/C18H20F2N6O4S/c1-18(2-3-18)24-31(27,28)11-8-13-12(16-22-23-17(30-16)15(19)20)10-21-26(13)14(9-11)25-4-6-29-7-5-25/h8-10,15,24H,2-7H2,1H3. The summed E-state index contributed by atoms with van der Waals surface area (Å²) in [7, 11) is -3.83. The molecule has 0 bridgehead atoms. The van der Waals surface area contributed by atoms with Gasteiger partial charge in [-0.2, -0.15) is 13.9 Å². The lowest BCUT2D eigenvalue weighted by molar-refractivity contribution is 0.116. The van der Waals surface area contributed by atoms with Gasteiger partial charge in [0.2, 0.25) is 10.0 Å². The fourth-order valence-corrected chi connectivity index (χ4v) is 4.98. The Bertz CT molecular complexity index is 1230. The molecule has 0 unspecified atom stereocenters. The van der Waals surface area contributed by atoms with Crippen LogP contribution in [0.2, 0.25) is 0 Å². The van der Waals surface area contributed by atoms with E-state index in [-0.39, 0.29) is 16.3 Å². The van der Waals surface area contributed by atoms with Crippen LogP contribution < -0.4 is 9.62 Å². The monoisotopic (exact) mass is 454 g/mol. The summed E-state index contributed by atoms with van der Waals surface area (Å²) in [4.78, 5) is 2.01. The van der Waals surface area contributed by atoms with Crippen LogP contribution in [0.5, 0.6) is 0 Å². The average Bonchev–Trinajstić information content (AvgIpc) is 3.13. The number of nitrogens with one attached hydrogen (secondary N) is 1. The van der Waals surface area contributed by atoms with E-state index in [1.807, 2.05) is 11.8 Å². The summed E-state index contributed by atoms with van der Waals surface area (Å²) in [5, 5.41) is 11.4. The zero-order valence-electron chi connectivity index (χ0n) is 16.6. The second kappa shape index (κ2) is 7.21. The molecule has 0 amide bonds. The van der Waals surface area contributed by atoms with Gasteiger partial charge in [-0.25, -0.2) is 17.7 Å². The van der Waals surface area contributed by atoms with Gasteiger partial charge in [-0.05, 0) is 25.8 Å². The Hall–Kier alpha value is -2.64. The highest BCUT2D eigenvalue weighted by molar-refractivity contribution is 7.89. The molecule has 1 aliphatic carbocycles. The molecular weight excluding hydrogens is 434 g/mol. The summed E-state index contributed by atoms with van der Waals surface area (Å²) in [6.07, 6.45) is 0.0162. The summed E-state index contributed by atoms with van der Waals surface area (Å²) in [6, 6.07) is 2.99. The van der Waals surface area contributed by atoms with E-state index in [0.29, 0.717) is 37.6 Å². The van der Waals surface area contributed by atoms with E-state index < -0.39 is 27.9 Å². The van der Waals surface area contributed by atoms with Crippen molar-refractivity contribution in [3.05, 3.63) is 24.2 Å². The maximum Gasteiger partial charge on any atom is 0.314 e. The molecule has 166 valence electrons. The van der Waals surface area contributed by atoms with E-state index in [2.05, 4.69) is 20.0 Å². The summed E-state index contributed by atoms with van der Waals surface area (Å²) in [6.45, 7) is 3.93. The van der Waals surface area contributed by atoms with Crippen LogP contribution in [0, 0.1) is 0 Å². The van der Waals surface area contributed by atoms with Crippen molar-refractivity contribution in [3.63, 3.8) is 0 Å². The molecule has 5 rings (SSSR count). The Morgan fingerprint density at radius 1 is 1.19 bits per heavy atom. The van der Waals surface area contributed by atoms with E-state index in [0.717, 1.165) is 12.8 Å². The number of aromatic nitrogens is 4. The minimum Gasteiger partial charge on any atom is -0.415 e. The molecule has 31 heavy (non-hydrogen) atoms. The van der Waals surface area contributed by atoms with E-state index in [1.54, 1.807) is 10.6 Å². The molecule has 0 atom stereocenters. The fourth-order valence-electron chi connectivity index (χ4n) is 3.49. The number of hydrogen-bond donors (Lipinski definition) is 1. The van der Waals surface area contributed by atoms with Crippen LogP contribution in [0.15, 0.2) is 27.6 Å². The highest BCUT2D eigenvalue weighted by Crippen LogP contribution is 2.37. The number of nitrogens with zero attached hydrogens (tertiary/aromatic N) is 5. The first-order valence-electron chi connectivity index (χ1n) is 9.76. The topological polar surface area (TPSA) is 115 Å². The van der Waals surface area contributed by atoms with Crippen LogP contribution in [-0.4, -0.2) is 60.1 Å². The molecule has 4 heterocycles. The maximum absolute atomic E-state index is 13.1. The maximum atomic E-state index is 13.1. The predicted octanol–water partition coefficient (Wildman–Crippen LogP) is 1.99. The second-order valence-electron chi connectivity index (χ2n) is 7.92. The third-order valence-corrected chi connectivity index (χ3v) is 7.08. The lowest BCUT2D eigenvalue weighted by atomic mass is 10.2. The highest BCUT2D eigenvalue weighted by Gasteiger charge is 2.41. The van der Waals surface area contributed by atoms with Gasteiger partial charge in [-0.3, -0.25) is 0 Å². The minimum atomic E-state index is -3.83. The van der Waals surface area contributed by atoms with Crippen LogP contribution in [-0.2, 0) is 14.8 Å². The molecule has 1 aliphatic heterocycles. The Labute approximate surface area is 176 Å². The van der Waals surface area contributed by atoms with Crippen molar-refractivity contribution < 1.29 is 26.4 Å². The molecular formula is C18H20F2N6O4S. The van der Waals surface area contributed by atoms with Crippen LogP contribution in [0.25, 0.3) is 17.0 Å². The van der Waals surface area contributed by atoms with Crippen molar-refractivity contribution in [2.75, 3.05) is 31.2 Å². The number of sulfonamides is 1. The lowest BCUT2D eigenvalue weighted by Gasteiger charge is -2.29. The van der Waals surface area contributed by atoms with Crippen molar-refractivity contribution in [1.82, 2.24) is 24.5 Å². The number of morpholine rings is 1. The smallest absolute Gasteiger partial charge is 0.314 e. The zero-order valence-corrected chi connectivity index (χ0v) is 17.4. The van der Waals surface area contributed by atoms with E-state index in [4.69, 9.17) is 9.15 Å². The normalized spacial score (nSPS) is 18.8. The number of alkyl halides is 2. The molecule has 13 heteroatoms. The van der Waals surface area contributed by atoms with Crippen molar-refractivity contribution in [2.24, 2.45) is 0 Å². The molecule has 1 saturated heterocycles. The van der Waals surface area contributed by atoms with Gasteiger partial charge in [0, 0.05) is 24.7 Å². The summed E-state index contributed by atoms with van der Waals surface area (Å²) in [5.74, 6) is -0.424. The van der Waals surface area contributed by atoms with Gasteiger partial charge in [0.05, 0.1) is 35.4 Å². The fraction of sp³-hybridized carbons (Fsp3) is 0.500. The van der Waals surface area contributed by atoms with Gasteiger partial charge in [0.15, 0.2) is 0 Å². The third kappa shape index (κ3) is 3.77. The number of halogens is 2. The Morgan fingerprint density at radius 3 is 2.58 bits per heavy atom. The summed E-state index contributed by atoms with van der Waals surface area (Å²) in [5.41, 5.74) is 0.171. The van der Waals surface area contributed by atoms with E-state index >= 15 is 0 Å². The zero-order chi connectivity index (χ0) is 21.8. The molecule has 3 aromatic rings. The summed E-state index contributed by atoms with van der Waals surface area (Å²) < 4.78 is 66.8. The van der Waals surface area contributed by atoms with Crippen LogP contribution >= 0.6 is 0 Å². The molecule has 2 fully saturated rings. The highest BCUT2D eigenvalue weighted by atomic mass is 32.2. The van der Waals surface area contributed by atoms with Gasteiger partial charge >= 0.3 is 6.43 Å². The number of hydrogen-bond acceptors (Lipinski definition) is 8. The molecule has 1 saturated carbocycles. The third-order valence-electron chi connectivity index (χ3n) is 5.46. The quantitative estimate of drug-likeness (QED) is 0.601. The largest absolute Gasteiger partial charge is 0.415 e. The number of rotatable bonds is 6. The van der Waals surface area contributed by atoms with Gasteiger partial charge < -0.3 is 14.1 Å². The number of anilines is 1. The molecule has 0 aromatic carbocycles. The van der Waals surface area contributed by atoms with Crippen molar-refractivity contribution >= 4 is 21.4 Å². The Balaban J connectivity index is 1.66. The summed E-state index contributed by atoms with van der Waals surface area (Å²) >= 11 is 0. The predicted molar refractivity (Wildman–Crippen MR) is 104 cm³/mol. The van der Waals surface area contributed by atoms with Gasteiger partial charge in [0.1, 0.15) is 5.82 Å². The van der Waals surface area contributed by atoms with E-state index in [1.165, 1.54) is 12.3 Å². The van der Waals surface area contributed by atoms with Crippen molar-refractivity contribution in [3.8, 4) is 11.5 Å². The van der Waals surface area contributed by atoms with Crippen molar-refractivity contribution in [2.45, 2.75) is 36.6 Å². The lowest BCUT2D eigenvalue weighted by Crippen LogP contribution is -2.38. The molecule has 10 nitrogen and oxygen atoms in total. The Morgan fingerprint density at radius 2 is 1.94 bits per heavy atom. The molecule has 2 aliphatic rings. The SMILES string of the molecule is CC1(NS(=O)(=O)c2cc(N3CCOCC3)n3ncc(-c4nnc(C(F)F)o4)c3c2)CC1. The number of fused-ring (bicyclic) bond motifs is 1. The molecule has 3 aromatic heterocycles. The van der Waals surface area contributed by atoms with Crippen LogP contribution in [0.4, 0.5) is 14.6 Å². The minimum absolute atomic E-state index is 0.0463. The van der Waals surface area contributed by atoms with Gasteiger partial charge in [-0.1, -0.05) is 0 Å². The average molecular weight is 454 g/mol. The van der Waals surface area contributed by atoms with Gasteiger partial charge in [0.25, 0.3) is 11.8 Å². The van der Waals surface area contributed by atoms with Gasteiger partial charge in [-0.15, -0.1) is 10.2 Å². The van der Waals surface area contributed by atoms with Crippen LogP contribution in [0.1, 0.15) is 32.1 Å². The van der Waals surface area contributed by atoms with Crippen LogP contribution in [0.3, 0.4) is 0 Å². The number of ether oxygens (including phenoxy) is 1. The first-order chi connectivity index (χ1) is 14.8. The molecule has 0 radical (unpaired) electrons. The first kappa shape index (κ1) is 20.3. The second-order valence-corrected chi connectivity index (χ2v) is 9.60. The molecule has 0 spiro atoms. The Kier molecular flexibility index (Phi) is 4.71.